The third-order valence-electron chi connectivity index (χ3n) is 5.56. The van der Waals surface area contributed by atoms with Crippen molar-refractivity contribution < 1.29 is 8.42 Å². The molecule has 0 aliphatic heterocycles. The average Bonchev–Trinajstić information content (AvgIpc) is 3.27. The van der Waals surface area contributed by atoms with Crippen LogP contribution in [0.15, 0.2) is 94.4 Å². The minimum atomic E-state index is -3.58. The summed E-state index contributed by atoms with van der Waals surface area (Å²) in [7, 11) is -3.58. The van der Waals surface area contributed by atoms with E-state index in [1.54, 1.807) is 22.6 Å². The van der Waals surface area contributed by atoms with Crippen LogP contribution in [0.2, 0.25) is 0 Å². The Labute approximate surface area is 211 Å². The largest absolute Gasteiger partial charge is 0.312 e. The molecule has 0 amide bonds. The average molecular weight is 507 g/mol. The highest BCUT2D eigenvalue weighted by atomic mass is 32.2. The Morgan fingerprint density at radius 2 is 1.74 bits per heavy atom. The summed E-state index contributed by atoms with van der Waals surface area (Å²) >= 11 is 1.54. The lowest BCUT2D eigenvalue weighted by Crippen LogP contribution is -2.32. The van der Waals surface area contributed by atoms with Gasteiger partial charge >= 0.3 is 0 Å². The summed E-state index contributed by atoms with van der Waals surface area (Å²) in [4.78, 5) is 10.3. The fourth-order valence-corrected chi connectivity index (χ4v) is 6.50. The maximum absolute atomic E-state index is 13.4. The van der Waals surface area contributed by atoms with E-state index >= 15 is 0 Å². The zero-order valence-electron chi connectivity index (χ0n) is 20.0. The molecule has 182 valence electrons. The van der Waals surface area contributed by atoms with E-state index in [1.807, 2.05) is 80.0 Å². The second-order valence-corrected chi connectivity index (χ2v) is 11.0. The Morgan fingerprint density at radius 3 is 2.43 bits per heavy atom. The van der Waals surface area contributed by atoms with Crippen molar-refractivity contribution in [3.63, 3.8) is 0 Å². The van der Waals surface area contributed by atoms with Gasteiger partial charge in [-0.3, -0.25) is 4.98 Å². The highest BCUT2D eigenvalue weighted by molar-refractivity contribution is 7.89. The summed E-state index contributed by atoms with van der Waals surface area (Å²) in [6, 6.07) is 21.0. The van der Waals surface area contributed by atoms with Crippen LogP contribution < -0.4 is 4.80 Å². The van der Waals surface area contributed by atoms with Crippen molar-refractivity contribution >= 4 is 27.0 Å². The van der Waals surface area contributed by atoms with Gasteiger partial charge in [-0.15, -0.1) is 11.3 Å². The highest BCUT2D eigenvalue weighted by Crippen LogP contribution is 2.26. The molecular weight excluding hydrogens is 476 g/mol. The number of rotatable bonds is 10. The van der Waals surface area contributed by atoms with E-state index in [4.69, 9.17) is 4.99 Å². The fraction of sp³-hybridized carbons (Fsp3) is 0.259. The van der Waals surface area contributed by atoms with E-state index < -0.39 is 10.0 Å². The van der Waals surface area contributed by atoms with Crippen LogP contribution in [0.1, 0.15) is 32.3 Å². The zero-order valence-corrected chi connectivity index (χ0v) is 21.7. The molecule has 8 heteroatoms. The van der Waals surface area contributed by atoms with Gasteiger partial charge in [-0.2, -0.15) is 4.31 Å². The Hall–Kier alpha value is -3.07. The zero-order chi connectivity index (χ0) is 24.7. The minimum Gasteiger partial charge on any atom is -0.312 e. The van der Waals surface area contributed by atoms with Gasteiger partial charge in [0, 0.05) is 36.4 Å². The number of aromatic nitrogens is 2. The molecule has 0 atom stereocenters. The molecule has 4 rings (SSSR count). The highest BCUT2D eigenvalue weighted by Gasteiger charge is 2.23. The van der Waals surface area contributed by atoms with Gasteiger partial charge in [0.15, 0.2) is 4.80 Å². The second kappa shape index (κ2) is 11.6. The summed E-state index contributed by atoms with van der Waals surface area (Å²) in [6.07, 6.45) is 5.15. The molecule has 6 nitrogen and oxygen atoms in total. The number of pyridine rings is 1. The smallest absolute Gasteiger partial charge is 0.243 e. The van der Waals surface area contributed by atoms with Crippen LogP contribution in [-0.2, 0) is 16.6 Å². The molecule has 0 bridgehead atoms. The van der Waals surface area contributed by atoms with E-state index in [0.717, 1.165) is 40.2 Å². The summed E-state index contributed by atoms with van der Waals surface area (Å²) in [5.41, 5.74) is 3.67. The molecule has 35 heavy (non-hydrogen) atoms. The van der Waals surface area contributed by atoms with Crippen molar-refractivity contribution in [2.45, 2.75) is 38.1 Å². The van der Waals surface area contributed by atoms with Crippen LogP contribution in [0.3, 0.4) is 0 Å². The Morgan fingerprint density at radius 1 is 0.971 bits per heavy atom. The topological polar surface area (TPSA) is 67.6 Å². The standard InChI is InChI=1S/C27H30N4O2S2/c1-3-16-30(17-4-2)35(32,33)25-14-8-11-23(18-25)26-21-34-27(29-24-12-6-5-7-13-24)31(26)20-22-10-9-15-28-19-22/h5-15,18-19,21H,3-4,16-17,20H2,1-2H3. The maximum Gasteiger partial charge on any atom is 0.243 e. The van der Waals surface area contributed by atoms with Crippen LogP contribution in [0.4, 0.5) is 5.69 Å². The number of para-hydroxylation sites is 1. The Kier molecular flexibility index (Phi) is 8.28. The molecule has 0 saturated heterocycles. The number of benzene rings is 2. The molecule has 4 aromatic rings. The second-order valence-electron chi connectivity index (χ2n) is 8.23. The molecule has 0 aliphatic carbocycles. The van der Waals surface area contributed by atoms with Gasteiger partial charge in [0.1, 0.15) is 0 Å². The SMILES string of the molecule is CCCN(CCC)S(=O)(=O)c1cccc(-c2csc(=Nc3ccccc3)n2Cc2cccnc2)c1. The van der Waals surface area contributed by atoms with E-state index in [-0.39, 0.29) is 0 Å². The van der Waals surface area contributed by atoms with Gasteiger partial charge in [0.05, 0.1) is 22.8 Å². The van der Waals surface area contributed by atoms with Crippen LogP contribution in [0.5, 0.6) is 0 Å². The van der Waals surface area contributed by atoms with Crippen molar-refractivity contribution in [2.75, 3.05) is 13.1 Å². The molecule has 0 N–H and O–H groups in total. The van der Waals surface area contributed by atoms with Gasteiger partial charge in [0.25, 0.3) is 0 Å². The molecule has 0 saturated carbocycles. The van der Waals surface area contributed by atoms with Crippen molar-refractivity contribution in [3.8, 4) is 11.3 Å². The van der Waals surface area contributed by atoms with Gasteiger partial charge < -0.3 is 4.57 Å². The molecule has 2 aromatic heterocycles. The Bertz CT molecular complexity index is 1410. The predicted molar refractivity (Wildman–Crippen MR) is 142 cm³/mol. The lowest BCUT2D eigenvalue weighted by Gasteiger charge is -2.21. The number of thiazole rings is 1. The van der Waals surface area contributed by atoms with Gasteiger partial charge in [-0.25, -0.2) is 13.4 Å². The van der Waals surface area contributed by atoms with E-state index in [0.29, 0.717) is 24.5 Å². The fourth-order valence-electron chi connectivity index (χ4n) is 3.91. The van der Waals surface area contributed by atoms with Crippen LogP contribution in [0, 0.1) is 0 Å². The number of nitrogens with zero attached hydrogens (tertiary/aromatic N) is 4. The predicted octanol–water partition coefficient (Wildman–Crippen LogP) is 5.70. The van der Waals surface area contributed by atoms with Crippen molar-refractivity contribution in [3.05, 3.63) is 94.9 Å². The first-order valence-electron chi connectivity index (χ1n) is 11.8. The van der Waals surface area contributed by atoms with Crippen molar-refractivity contribution in [2.24, 2.45) is 4.99 Å². The number of hydrogen-bond donors (Lipinski definition) is 0. The molecular formula is C27H30N4O2S2. The Balaban J connectivity index is 1.81. The summed E-state index contributed by atoms with van der Waals surface area (Å²) < 4.78 is 30.5. The number of hydrogen-bond acceptors (Lipinski definition) is 5. The first-order chi connectivity index (χ1) is 17.0. The summed E-state index contributed by atoms with van der Waals surface area (Å²) in [5.74, 6) is 0. The first-order valence-corrected chi connectivity index (χ1v) is 14.1. The van der Waals surface area contributed by atoms with Crippen LogP contribution in [-0.4, -0.2) is 35.4 Å². The molecule has 2 aromatic carbocycles. The van der Waals surface area contributed by atoms with E-state index in [1.165, 1.54) is 11.3 Å². The van der Waals surface area contributed by atoms with Crippen LogP contribution >= 0.6 is 11.3 Å². The third-order valence-corrected chi connectivity index (χ3v) is 8.31. The van der Waals surface area contributed by atoms with E-state index in [2.05, 4.69) is 9.55 Å². The number of sulfonamides is 1. The van der Waals surface area contributed by atoms with Gasteiger partial charge in [-0.1, -0.05) is 50.2 Å². The first kappa shape index (κ1) is 25.0. The van der Waals surface area contributed by atoms with Crippen molar-refractivity contribution in [1.29, 1.82) is 0 Å². The quantitative estimate of drug-likeness (QED) is 0.277. The maximum atomic E-state index is 13.4. The molecule has 2 heterocycles. The summed E-state index contributed by atoms with van der Waals surface area (Å²) in [6.45, 7) is 5.60. The van der Waals surface area contributed by atoms with Gasteiger partial charge in [0.2, 0.25) is 10.0 Å². The third kappa shape index (κ3) is 5.96. The lowest BCUT2D eigenvalue weighted by atomic mass is 10.1. The molecule has 0 spiro atoms. The summed E-state index contributed by atoms with van der Waals surface area (Å²) in [5, 5.41) is 2.04. The normalized spacial score (nSPS) is 12.4. The van der Waals surface area contributed by atoms with Crippen molar-refractivity contribution in [1.82, 2.24) is 13.9 Å². The molecule has 0 unspecified atom stereocenters. The lowest BCUT2D eigenvalue weighted by molar-refractivity contribution is 0.410. The molecule has 0 radical (unpaired) electrons. The monoisotopic (exact) mass is 506 g/mol. The molecule has 0 fully saturated rings. The van der Waals surface area contributed by atoms with E-state index in [9.17, 15) is 8.42 Å². The molecule has 0 aliphatic rings. The minimum absolute atomic E-state index is 0.317. The van der Waals surface area contributed by atoms with Gasteiger partial charge in [-0.05, 0) is 48.7 Å². The van der Waals surface area contributed by atoms with Crippen LogP contribution in [0.25, 0.3) is 11.3 Å².